The van der Waals surface area contributed by atoms with Gasteiger partial charge in [-0.2, -0.15) is 0 Å². The van der Waals surface area contributed by atoms with E-state index in [1.165, 1.54) is 5.56 Å². The van der Waals surface area contributed by atoms with Crippen LogP contribution in [0.3, 0.4) is 0 Å². The Kier molecular flexibility index (Phi) is 7.22. The highest BCUT2D eigenvalue weighted by Crippen LogP contribution is 2.12. The largest absolute Gasteiger partial charge is 0.483 e. The van der Waals surface area contributed by atoms with Crippen molar-refractivity contribution >= 4 is 6.47 Å². The van der Waals surface area contributed by atoms with E-state index in [4.69, 9.17) is 9.90 Å². The second-order valence-corrected chi connectivity index (χ2v) is 4.95. The van der Waals surface area contributed by atoms with Crippen molar-refractivity contribution < 1.29 is 9.90 Å². The van der Waals surface area contributed by atoms with E-state index in [1.54, 1.807) is 0 Å². The summed E-state index contributed by atoms with van der Waals surface area (Å²) in [6, 6.07) is 11.2. The number of benzene rings is 1. The molecule has 0 aliphatic heterocycles. The minimum Gasteiger partial charge on any atom is -0.483 e. The van der Waals surface area contributed by atoms with Crippen LogP contribution in [0.2, 0.25) is 0 Å². The van der Waals surface area contributed by atoms with Gasteiger partial charge in [0.2, 0.25) is 0 Å². The smallest absolute Gasteiger partial charge is 0.290 e. The molecular formula is C14H23NO2. The Morgan fingerprint density at radius 3 is 2.18 bits per heavy atom. The van der Waals surface area contributed by atoms with Gasteiger partial charge in [0.1, 0.15) is 0 Å². The Morgan fingerprint density at radius 2 is 1.76 bits per heavy atom. The van der Waals surface area contributed by atoms with E-state index >= 15 is 0 Å². The summed E-state index contributed by atoms with van der Waals surface area (Å²) in [6.45, 7) is 8.62. The van der Waals surface area contributed by atoms with E-state index in [0.717, 1.165) is 6.42 Å². The molecule has 0 saturated carbocycles. The fourth-order valence-electron chi connectivity index (χ4n) is 1.94. The molecule has 1 aromatic carbocycles. The molecule has 0 aliphatic rings. The lowest BCUT2D eigenvalue weighted by atomic mass is 9.94. The third kappa shape index (κ3) is 8.46. The summed E-state index contributed by atoms with van der Waals surface area (Å²) < 4.78 is 0. The lowest BCUT2D eigenvalue weighted by Gasteiger charge is -2.29. The number of carboxylic acid groups (broad SMARTS) is 1. The zero-order valence-corrected chi connectivity index (χ0v) is 11.1. The first kappa shape index (κ1) is 15.7. The lowest BCUT2D eigenvalue weighted by Crippen LogP contribution is -2.45. The molecule has 0 radical (unpaired) electrons. The van der Waals surface area contributed by atoms with E-state index in [2.05, 4.69) is 63.3 Å². The van der Waals surface area contributed by atoms with E-state index in [0.29, 0.717) is 6.04 Å². The minimum absolute atomic E-state index is 0.176. The summed E-state index contributed by atoms with van der Waals surface area (Å²) in [4.78, 5) is 8.36. The van der Waals surface area contributed by atoms with Crippen LogP contribution in [0.4, 0.5) is 0 Å². The Balaban J connectivity index is 0.000000770. The molecule has 0 aromatic heterocycles. The predicted octanol–water partition coefficient (Wildman–Crippen LogP) is 2.71. The zero-order valence-electron chi connectivity index (χ0n) is 11.1. The van der Waals surface area contributed by atoms with Crippen LogP contribution >= 0.6 is 0 Å². The highest BCUT2D eigenvalue weighted by molar-refractivity contribution is 5.32. The van der Waals surface area contributed by atoms with Crippen LogP contribution in [-0.4, -0.2) is 23.2 Å². The first-order chi connectivity index (χ1) is 7.91. The maximum absolute atomic E-state index is 8.36. The molecule has 96 valence electrons. The van der Waals surface area contributed by atoms with E-state index in [-0.39, 0.29) is 12.0 Å². The minimum atomic E-state index is -0.250. The molecule has 1 aromatic rings. The van der Waals surface area contributed by atoms with Crippen LogP contribution in [0.5, 0.6) is 0 Å². The first-order valence-electron chi connectivity index (χ1n) is 5.81. The van der Waals surface area contributed by atoms with Crippen molar-refractivity contribution in [3.05, 3.63) is 35.9 Å². The molecule has 0 saturated heterocycles. The van der Waals surface area contributed by atoms with E-state index in [9.17, 15) is 0 Å². The van der Waals surface area contributed by atoms with Gasteiger partial charge in [-0.25, -0.2) is 0 Å². The Labute approximate surface area is 104 Å². The lowest BCUT2D eigenvalue weighted by molar-refractivity contribution is -0.122. The second-order valence-electron chi connectivity index (χ2n) is 4.95. The summed E-state index contributed by atoms with van der Waals surface area (Å²) in [5, 5.41) is 10.5. The molecule has 0 atom stereocenters. The average molecular weight is 237 g/mol. The molecule has 0 heterocycles. The van der Waals surface area contributed by atoms with Crippen LogP contribution in [0, 0.1) is 0 Å². The quantitative estimate of drug-likeness (QED) is 0.792. The van der Waals surface area contributed by atoms with Crippen molar-refractivity contribution in [2.75, 3.05) is 0 Å². The molecule has 1 rings (SSSR count). The molecule has 0 unspecified atom stereocenters. The standard InChI is InChI=1S/C13H21N.CH2O2/c1-11(2)14-13(3,4)10-12-8-6-5-7-9-12;2-1-3/h5-9,11,14H,10H2,1-4H3;1H,(H,2,3). The summed E-state index contributed by atoms with van der Waals surface area (Å²) >= 11 is 0. The van der Waals surface area contributed by atoms with Gasteiger partial charge in [-0.3, -0.25) is 4.79 Å². The van der Waals surface area contributed by atoms with Gasteiger partial charge in [0.15, 0.2) is 0 Å². The maximum atomic E-state index is 8.36. The van der Waals surface area contributed by atoms with Gasteiger partial charge in [-0.15, -0.1) is 0 Å². The topological polar surface area (TPSA) is 49.3 Å². The number of rotatable bonds is 4. The van der Waals surface area contributed by atoms with Crippen molar-refractivity contribution in [2.45, 2.75) is 45.7 Å². The maximum Gasteiger partial charge on any atom is 0.290 e. The van der Waals surface area contributed by atoms with Crippen LogP contribution in [0.25, 0.3) is 0 Å². The van der Waals surface area contributed by atoms with Gasteiger partial charge in [0, 0.05) is 11.6 Å². The van der Waals surface area contributed by atoms with Crippen molar-refractivity contribution in [1.82, 2.24) is 5.32 Å². The molecular weight excluding hydrogens is 214 g/mol. The highest BCUT2D eigenvalue weighted by Gasteiger charge is 2.18. The fraction of sp³-hybridized carbons (Fsp3) is 0.500. The molecule has 3 nitrogen and oxygen atoms in total. The Hall–Kier alpha value is -1.35. The number of hydrogen-bond acceptors (Lipinski definition) is 2. The van der Waals surface area contributed by atoms with Crippen LogP contribution in [0.1, 0.15) is 33.3 Å². The van der Waals surface area contributed by atoms with Gasteiger partial charge in [-0.1, -0.05) is 44.2 Å². The molecule has 2 N–H and O–H groups in total. The van der Waals surface area contributed by atoms with Crippen LogP contribution in [-0.2, 0) is 11.2 Å². The van der Waals surface area contributed by atoms with Crippen LogP contribution < -0.4 is 5.32 Å². The predicted molar refractivity (Wildman–Crippen MR) is 71.2 cm³/mol. The normalized spacial score (nSPS) is 10.6. The number of carbonyl (C=O) groups is 1. The van der Waals surface area contributed by atoms with Crippen LogP contribution in [0.15, 0.2) is 30.3 Å². The summed E-state index contributed by atoms with van der Waals surface area (Å²) in [7, 11) is 0. The van der Waals surface area contributed by atoms with E-state index in [1.807, 2.05) is 0 Å². The van der Waals surface area contributed by atoms with Gasteiger partial charge in [-0.05, 0) is 25.8 Å². The first-order valence-corrected chi connectivity index (χ1v) is 5.81. The molecule has 3 heteroatoms. The Bertz CT molecular complexity index is 307. The average Bonchev–Trinajstić information content (AvgIpc) is 2.17. The third-order valence-electron chi connectivity index (χ3n) is 2.17. The van der Waals surface area contributed by atoms with Crippen molar-refractivity contribution in [1.29, 1.82) is 0 Å². The molecule has 0 amide bonds. The highest BCUT2D eigenvalue weighted by atomic mass is 16.3. The van der Waals surface area contributed by atoms with Crippen molar-refractivity contribution in [3.63, 3.8) is 0 Å². The number of hydrogen-bond donors (Lipinski definition) is 2. The molecule has 17 heavy (non-hydrogen) atoms. The summed E-state index contributed by atoms with van der Waals surface area (Å²) in [5.41, 5.74) is 1.57. The monoisotopic (exact) mass is 237 g/mol. The molecule has 0 spiro atoms. The third-order valence-corrected chi connectivity index (χ3v) is 2.17. The SMILES string of the molecule is CC(C)NC(C)(C)Cc1ccccc1.O=CO. The number of nitrogens with one attached hydrogen (secondary N) is 1. The van der Waals surface area contributed by atoms with Gasteiger partial charge < -0.3 is 10.4 Å². The van der Waals surface area contributed by atoms with E-state index < -0.39 is 0 Å². The molecule has 0 fully saturated rings. The second kappa shape index (κ2) is 7.85. The van der Waals surface area contributed by atoms with Gasteiger partial charge in [0.25, 0.3) is 6.47 Å². The Morgan fingerprint density at radius 1 is 1.29 bits per heavy atom. The van der Waals surface area contributed by atoms with Crippen molar-refractivity contribution in [3.8, 4) is 0 Å². The molecule has 0 aliphatic carbocycles. The summed E-state index contributed by atoms with van der Waals surface area (Å²) in [5.74, 6) is 0. The van der Waals surface area contributed by atoms with Crippen molar-refractivity contribution in [2.24, 2.45) is 0 Å². The van der Waals surface area contributed by atoms with Gasteiger partial charge in [0.05, 0.1) is 0 Å². The molecule has 0 bridgehead atoms. The fourth-order valence-corrected chi connectivity index (χ4v) is 1.94. The van der Waals surface area contributed by atoms with Gasteiger partial charge >= 0.3 is 0 Å². The summed E-state index contributed by atoms with van der Waals surface area (Å²) in [6.07, 6.45) is 1.08. The zero-order chi connectivity index (χ0) is 13.3.